The van der Waals surface area contributed by atoms with Crippen LogP contribution in [-0.2, 0) is 14.8 Å². The highest BCUT2D eigenvalue weighted by Crippen LogP contribution is 2.32. The van der Waals surface area contributed by atoms with Crippen LogP contribution in [0.15, 0.2) is 29.2 Å². The van der Waals surface area contributed by atoms with Crippen LogP contribution < -0.4 is 11.1 Å². The lowest BCUT2D eigenvalue weighted by Crippen LogP contribution is -2.55. The molecule has 0 spiro atoms. The van der Waals surface area contributed by atoms with Gasteiger partial charge >= 0.3 is 0 Å². The summed E-state index contributed by atoms with van der Waals surface area (Å²) in [6, 6.07) is 6.95. The number of rotatable bonds is 4. The third-order valence-electron chi connectivity index (χ3n) is 6.03. The number of amides is 1. The molecule has 27 heavy (non-hydrogen) atoms. The van der Waals surface area contributed by atoms with Gasteiger partial charge in [0.25, 0.3) is 0 Å². The first kappa shape index (κ1) is 20.3. The third-order valence-corrected chi connectivity index (χ3v) is 7.94. The number of nitrogens with two attached hydrogens (primary N) is 1. The van der Waals surface area contributed by atoms with Gasteiger partial charge in [0.2, 0.25) is 15.9 Å². The lowest BCUT2D eigenvalue weighted by molar-refractivity contribution is -0.129. The van der Waals surface area contributed by atoms with Crippen LogP contribution in [0.1, 0.15) is 51.0 Å². The van der Waals surface area contributed by atoms with Gasteiger partial charge in [0, 0.05) is 24.7 Å². The molecule has 0 bridgehead atoms. The van der Waals surface area contributed by atoms with Crippen molar-refractivity contribution >= 4 is 15.9 Å². The summed E-state index contributed by atoms with van der Waals surface area (Å²) in [5.41, 5.74) is 6.92. The molecule has 1 aliphatic carbocycles. The lowest BCUT2D eigenvalue weighted by atomic mass is 9.74. The Morgan fingerprint density at radius 2 is 1.78 bits per heavy atom. The molecule has 2 fully saturated rings. The van der Waals surface area contributed by atoms with Crippen molar-refractivity contribution in [3.05, 3.63) is 29.8 Å². The van der Waals surface area contributed by atoms with Gasteiger partial charge in [-0.1, -0.05) is 30.5 Å². The van der Waals surface area contributed by atoms with Crippen molar-refractivity contribution in [2.75, 3.05) is 13.1 Å². The predicted molar refractivity (Wildman–Crippen MR) is 106 cm³/mol. The molecule has 1 aromatic rings. The molecule has 2 unspecified atom stereocenters. The highest BCUT2D eigenvalue weighted by atomic mass is 32.2. The molecule has 2 aliphatic rings. The van der Waals surface area contributed by atoms with Crippen molar-refractivity contribution in [1.29, 1.82) is 0 Å². The second-order valence-electron chi connectivity index (χ2n) is 8.30. The number of hydrogen-bond acceptors (Lipinski definition) is 4. The van der Waals surface area contributed by atoms with Crippen LogP contribution in [0.5, 0.6) is 0 Å². The van der Waals surface area contributed by atoms with E-state index >= 15 is 0 Å². The van der Waals surface area contributed by atoms with E-state index in [1.807, 2.05) is 26.0 Å². The Morgan fingerprint density at radius 1 is 1.15 bits per heavy atom. The molecule has 0 radical (unpaired) electrons. The summed E-state index contributed by atoms with van der Waals surface area (Å²) in [4.78, 5) is 13.0. The fourth-order valence-electron chi connectivity index (χ4n) is 4.19. The maximum absolute atomic E-state index is 12.8. The summed E-state index contributed by atoms with van der Waals surface area (Å²) >= 11 is 0. The second kappa shape index (κ2) is 7.89. The third kappa shape index (κ3) is 4.52. The van der Waals surface area contributed by atoms with E-state index in [0.717, 1.165) is 31.2 Å². The molecule has 150 valence electrons. The quantitative estimate of drug-likeness (QED) is 0.820. The molecule has 0 aromatic heterocycles. The highest BCUT2D eigenvalue weighted by Gasteiger charge is 2.39. The average molecular weight is 394 g/mol. The first-order chi connectivity index (χ1) is 12.7. The number of carbonyl (C=O) groups excluding carboxylic acids is 1. The molecule has 3 N–H and O–H groups in total. The van der Waals surface area contributed by atoms with E-state index in [9.17, 15) is 13.2 Å². The summed E-state index contributed by atoms with van der Waals surface area (Å²) in [6.45, 7) is 4.74. The average Bonchev–Trinajstić information content (AvgIpc) is 2.62. The summed E-state index contributed by atoms with van der Waals surface area (Å²) in [7, 11) is -3.47. The number of sulfonamides is 1. The number of benzene rings is 1. The molecule has 1 saturated heterocycles. The highest BCUT2D eigenvalue weighted by molar-refractivity contribution is 7.89. The van der Waals surface area contributed by atoms with Crippen LogP contribution in [0.25, 0.3) is 0 Å². The zero-order valence-corrected chi connectivity index (χ0v) is 17.1. The van der Waals surface area contributed by atoms with Gasteiger partial charge in [0.15, 0.2) is 0 Å². The number of piperidine rings is 1. The molecule has 1 amide bonds. The number of aryl methyl sites for hydroxylation is 1. The molecule has 1 heterocycles. The van der Waals surface area contributed by atoms with Gasteiger partial charge in [-0.25, -0.2) is 8.42 Å². The van der Waals surface area contributed by atoms with Crippen molar-refractivity contribution < 1.29 is 13.2 Å². The summed E-state index contributed by atoms with van der Waals surface area (Å²) in [5, 5.41) is 3.12. The summed E-state index contributed by atoms with van der Waals surface area (Å²) in [5.74, 6) is -0.125. The molecule has 1 aliphatic heterocycles. The first-order valence-electron chi connectivity index (χ1n) is 9.86. The minimum Gasteiger partial charge on any atom is -0.353 e. The Kier molecular flexibility index (Phi) is 5.93. The lowest BCUT2D eigenvalue weighted by Gasteiger charge is -2.39. The standard InChI is InChI=1S/C20H31N3O3S/c1-15-6-8-17(9-7-15)27(25,26)23-13-10-16(11-14-23)22-19(24)18-5-3-4-12-20(18,2)21/h6-9,16,18H,3-5,10-14,21H2,1-2H3,(H,22,24). The number of nitrogens with zero attached hydrogens (tertiary/aromatic N) is 1. The van der Waals surface area contributed by atoms with E-state index in [1.165, 1.54) is 4.31 Å². The number of nitrogens with one attached hydrogen (secondary N) is 1. The van der Waals surface area contributed by atoms with Gasteiger partial charge < -0.3 is 11.1 Å². The van der Waals surface area contributed by atoms with Gasteiger partial charge in [-0.15, -0.1) is 0 Å². The van der Waals surface area contributed by atoms with Crippen LogP contribution in [0.2, 0.25) is 0 Å². The van der Waals surface area contributed by atoms with Crippen LogP contribution >= 0.6 is 0 Å². The molecule has 7 heteroatoms. The summed E-state index contributed by atoms with van der Waals surface area (Å²) in [6.07, 6.45) is 5.08. The van der Waals surface area contributed by atoms with Crippen LogP contribution in [0.4, 0.5) is 0 Å². The van der Waals surface area contributed by atoms with Crippen molar-refractivity contribution in [2.45, 2.75) is 68.8 Å². The smallest absolute Gasteiger partial charge is 0.243 e. The minimum absolute atomic E-state index is 0.0136. The minimum atomic E-state index is -3.47. The van der Waals surface area contributed by atoms with E-state index in [-0.39, 0.29) is 17.9 Å². The normalized spacial score (nSPS) is 28.0. The SMILES string of the molecule is Cc1ccc(S(=O)(=O)N2CCC(NC(=O)C3CCCCC3(C)N)CC2)cc1. The maximum Gasteiger partial charge on any atom is 0.243 e. The Labute approximate surface area is 162 Å². The molecule has 1 aromatic carbocycles. The van der Waals surface area contributed by atoms with Crippen molar-refractivity contribution in [3.63, 3.8) is 0 Å². The molecular weight excluding hydrogens is 362 g/mol. The Hall–Kier alpha value is -1.44. The fourth-order valence-corrected chi connectivity index (χ4v) is 5.66. The Bertz CT molecular complexity index is 766. The second-order valence-corrected chi connectivity index (χ2v) is 10.2. The van der Waals surface area contributed by atoms with E-state index < -0.39 is 15.6 Å². The Balaban J connectivity index is 1.57. The molecule has 2 atom stereocenters. The van der Waals surface area contributed by atoms with E-state index in [4.69, 9.17) is 5.73 Å². The van der Waals surface area contributed by atoms with E-state index in [0.29, 0.717) is 30.8 Å². The van der Waals surface area contributed by atoms with Crippen LogP contribution in [0.3, 0.4) is 0 Å². The van der Waals surface area contributed by atoms with Crippen molar-refractivity contribution in [1.82, 2.24) is 9.62 Å². The summed E-state index contributed by atoms with van der Waals surface area (Å²) < 4.78 is 27.1. The van der Waals surface area contributed by atoms with E-state index in [1.54, 1.807) is 12.1 Å². The topological polar surface area (TPSA) is 92.5 Å². The largest absolute Gasteiger partial charge is 0.353 e. The zero-order chi connectivity index (χ0) is 19.7. The number of carbonyl (C=O) groups is 1. The Morgan fingerprint density at radius 3 is 2.37 bits per heavy atom. The van der Waals surface area contributed by atoms with Crippen molar-refractivity contribution in [2.24, 2.45) is 11.7 Å². The molecular formula is C20H31N3O3S. The van der Waals surface area contributed by atoms with Crippen molar-refractivity contribution in [3.8, 4) is 0 Å². The van der Waals surface area contributed by atoms with Gasteiger partial charge in [-0.3, -0.25) is 4.79 Å². The zero-order valence-electron chi connectivity index (χ0n) is 16.3. The first-order valence-corrected chi connectivity index (χ1v) is 11.3. The van der Waals surface area contributed by atoms with Gasteiger partial charge in [0.1, 0.15) is 0 Å². The molecule has 6 nitrogen and oxygen atoms in total. The van der Waals surface area contributed by atoms with Gasteiger partial charge in [-0.05, 0) is 51.7 Å². The van der Waals surface area contributed by atoms with Crippen LogP contribution in [-0.4, -0.2) is 43.3 Å². The number of hydrogen-bond donors (Lipinski definition) is 2. The fraction of sp³-hybridized carbons (Fsp3) is 0.650. The monoisotopic (exact) mass is 393 g/mol. The molecule has 1 saturated carbocycles. The molecule has 3 rings (SSSR count). The van der Waals surface area contributed by atoms with Gasteiger partial charge in [-0.2, -0.15) is 4.31 Å². The van der Waals surface area contributed by atoms with E-state index in [2.05, 4.69) is 5.32 Å². The maximum atomic E-state index is 12.8. The predicted octanol–water partition coefficient (Wildman–Crippen LogP) is 2.17. The van der Waals surface area contributed by atoms with Crippen LogP contribution in [0, 0.1) is 12.8 Å². The van der Waals surface area contributed by atoms with Gasteiger partial charge in [0.05, 0.1) is 10.8 Å².